The number of nitrogens with zero attached hydrogens (tertiary/aromatic N) is 4. The van der Waals surface area contributed by atoms with Crippen LogP contribution < -0.4 is 0 Å². The molecule has 67 heavy (non-hydrogen) atoms. The lowest BCUT2D eigenvalue weighted by molar-refractivity contribution is 0.981. The third-order valence-electron chi connectivity index (χ3n) is 12.6. The Kier molecular flexibility index (Phi) is 10.2. The van der Waals surface area contributed by atoms with Crippen LogP contribution in [0.3, 0.4) is 0 Å². The highest BCUT2D eigenvalue weighted by molar-refractivity contribution is 6.15. The van der Waals surface area contributed by atoms with Crippen LogP contribution in [0.15, 0.2) is 255 Å². The maximum Gasteiger partial charge on any atom is 0.160 e. The molecule has 0 saturated heterocycles. The molecule has 0 atom stereocenters. The molecule has 4 nitrogen and oxygen atoms in total. The van der Waals surface area contributed by atoms with Gasteiger partial charge in [-0.3, -0.25) is 0 Å². The number of fused-ring (bicyclic) bond motifs is 3. The zero-order chi connectivity index (χ0) is 44.5. The van der Waals surface area contributed by atoms with Crippen LogP contribution >= 0.6 is 0 Å². The number of hydrogen-bond acceptors (Lipinski definition) is 3. The van der Waals surface area contributed by atoms with Crippen LogP contribution in [0.5, 0.6) is 0 Å². The molecule has 0 aliphatic heterocycles. The van der Waals surface area contributed by atoms with Gasteiger partial charge in [-0.05, 0) is 63.0 Å². The van der Waals surface area contributed by atoms with Crippen molar-refractivity contribution in [2.24, 2.45) is 0 Å². The smallest absolute Gasteiger partial charge is 0.160 e. The van der Waals surface area contributed by atoms with Gasteiger partial charge >= 0.3 is 0 Å². The Morgan fingerprint density at radius 3 is 1.22 bits per heavy atom. The molecule has 0 aliphatic rings. The lowest BCUT2D eigenvalue weighted by Gasteiger charge is -2.18. The van der Waals surface area contributed by atoms with Gasteiger partial charge in [0.15, 0.2) is 5.82 Å². The van der Waals surface area contributed by atoms with Crippen LogP contribution in [0.4, 0.5) is 0 Å². The minimum atomic E-state index is 0.675. The summed E-state index contributed by atoms with van der Waals surface area (Å²) in [6.45, 7) is 0. The predicted octanol–water partition coefficient (Wildman–Crippen LogP) is 16.3. The zero-order valence-corrected chi connectivity index (χ0v) is 36.5. The second-order valence-corrected chi connectivity index (χ2v) is 16.8. The fraction of sp³-hybridized carbons (Fsp3) is 0. The molecule has 0 amide bonds. The van der Waals surface area contributed by atoms with Gasteiger partial charge in [-0.25, -0.2) is 14.5 Å². The fourth-order valence-electron chi connectivity index (χ4n) is 9.44. The first-order valence-electron chi connectivity index (χ1n) is 22.7. The van der Waals surface area contributed by atoms with Crippen LogP contribution in [0.25, 0.3) is 117 Å². The van der Waals surface area contributed by atoms with Crippen molar-refractivity contribution in [2.45, 2.75) is 0 Å². The summed E-state index contributed by atoms with van der Waals surface area (Å²) in [5.41, 5.74) is 18.9. The monoisotopic (exact) mass is 854 g/mol. The van der Waals surface area contributed by atoms with Crippen LogP contribution in [-0.4, -0.2) is 19.6 Å². The van der Waals surface area contributed by atoms with Crippen LogP contribution in [-0.2, 0) is 0 Å². The topological polar surface area (TPSA) is 43.1 Å². The molecule has 3 heterocycles. The van der Waals surface area contributed by atoms with E-state index in [2.05, 4.69) is 241 Å². The highest BCUT2D eigenvalue weighted by Gasteiger charge is 2.25. The Bertz CT molecular complexity index is 3630. The zero-order valence-electron chi connectivity index (χ0n) is 36.5. The normalized spacial score (nSPS) is 11.3. The van der Waals surface area contributed by atoms with E-state index in [1.807, 2.05) is 18.2 Å². The van der Waals surface area contributed by atoms with E-state index in [0.29, 0.717) is 5.82 Å². The molecule has 0 unspecified atom stereocenters. The number of benzene rings is 9. The van der Waals surface area contributed by atoms with Gasteiger partial charge in [0.1, 0.15) is 5.69 Å². The standard InChI is InChI=1S/C63H42N4/c1-7-21-43(22-8-1)51-39-52(44-23-9-2-10-24-44)41-53(40-51)57-42-56(64-63(65-57)50-31-17-6-18-32-50)45-35-37-47(38-36-45)58-54-33-19-20-34-55(54)62-59(46-25-11-3-12-26-46)60(48-27-13-4-14-28-48)66-67(62)61(58)49-29-15-5-16-30-49/h1-42H. The Morgan fingerprint density at radius 2 is 0.672 bits per heavy atom. The van der Waals surface area contributed by atoms with E-state index in [0.717, 1.165) is 111 Å². The quantitative estimate of drug-likeness (QED) is 0.145. The van der Waals surface area contributed by atoms with Crippen molar-refractivity contribution >= 4 is 16.3 Å². The third-order valence-corrected chi connectivity index (χ3v) is 12.6. The first kappa shape index (κ1) is 39.6. The van der Waals surface area contributed by atoms with Crippen molar-refractivity contribution in [3.05, 3.63) is 255 Å². The molecule has 12 rings (SSSR count). The molecule has 9 aromatic carbocycles. The van der Waals surface area contributed by atoms with Crippen molar-refractivity contribution in [2.75, 3.05) is 0 Å². The predicted molar refractivity (Wildman–Crippen MR) is 277 cm³/mol. The largest absolute Gasteiger partial charge is 0.231 e. The number of rotatable bonds is 9. The Morgan fingerprint density at radius 1 is 0.269 bits per heavy atom. The van der Waals surface area contributed by atoms with E-state index in [1.54, 1.807) is 0 Å². The van der Waals surface area contributed by atoms with E-state index in [1.165, 1.54) is 0 Å². The third kappa shape index (κ3) is 7.47. The summed E-state index contributed by atoms with van der Waals surface area (Å²) in [4.78, 5) is 10.5. The molecule has 0 aliphatic carbocycles. The number of aromatic nitrogens is 4. The molecule has 3 aromatic heterocycles. The average Bonchev–Trinajstić information content (AvgIpc) is 3.83. The molecular weight excluding hydrogens is 813 g/mol. The Hall–Kier alpha value is -8.99. The fourth-order valence-corrected chi connectivity index (χ4v) is 9.44. The van der Waals surface area contributed by atoms with Gasteiger partial charge in [-0.1, -0.05) is 231 Å². The molecule has 4 heteroatoms. The van der Waals surface area contributed by atoms with Gasteiger partial charge in [0.05, 0.1) is 22.6 Å². The Balaban J connectivity index is 1.06. The van der Waals surface area contributed by atoms with E-state index in [9.17, 15) is 0 Å². The first-order valence-corrected chi connectivity index (χ1v) is 22.7. The van der Waals surface area contributed by atoms with Gasteiger partial charge in [0.25, 0.3) is 0 Å². The number of hydrogen-bond donors (Lipinski definition) is 0. The minimum absolute atomic E-state index is 0.675. The van der Waals surface area contributed by atoms with Gasteiger partial charge < -0.3 is 0 Å². The van der Waals surface area contributed by atoms with E-state index >= 15 is 0 Å². The highest BCUT2D eigenvalue weighted by Crippen LogP contribution is 2.46. The summed E-state index contributed by atoms with van der Waals surface area (Å²) >= 11 is 0. The summed E-state index contributed by atoms with van der Waals surface area (Å²) in [5.74, 6) is 0.675. The molecular formula is C63H42N4. The van der Waals surface area contributed by atoms with Gasteiger partial charge in [-0.2, -0.15) is 5.10 Å². The molecule has 0 saturated carbocycles. The van der Waals surface area contributed by atoms with E-state index in [-0.39, 0.29) is 0 Å². The van der Waals surface area contributed by atoms with Crippen molar-refractivity contribution < 1.29 is 0 Å². The minimum Gasteiger partial charge on any atom is -0.231 e. The molecule has 0 radical (unpaired) electrons. The van der Waals surface area contributed by atoms with Gasteiger partial charge in [-0.15, -0.1) is 0 Å². The molecule has 0 spiro atoms. The van der Waals surface area contributed by atoms with Gasteiger partial charge in [0, 0.05) is 44.3 Å². The summed E-state index contributed by atoms with van der Waals surface area (Å²) < 4.78 is 2.20. The van der Waals surface area contributed by atoms with Gasteiger partial charge in [0.2, 0.25) is 0 Å². The maximum absolute atomic E-state index is 5.56. The molecule has 0 bridgehead atoms. The SMILES string of the molecule is c1ccc(-c2cc(-c3ccccc3)cc(-c3cc(-c4ccc(-c5c(-c6ccccc6)n6nc(-c7ccccc7)c(-c7ccccc7)c6c6ccccc56)cc4)nc(-c4ccccc4)n3)c2)cc1. The summed E-state index contributed by atoms with van der Waals surface area (Å²) in [6, 6.07) is 89.9. The van der Waals surface area contributed by atoms with Crippen molar-refractivity contribution in [3.63, 3.8) is 0 Å². The highest BCUT2D eigenvalue weighted by atomic mass is 15.2. The second kappa shape index (κ2) is 17.2. The summed E-state index contributed by atoms with van der Waals surface area (Å²) in [7, 11) is 0. The Labute approximate surface area is 389 Å². The summed E-state index contributed by atoms with van der Waals surface area (Å²) in [6.07, 6.45) is 0. The molecule has 314 valence electrons. The van der Waals surface area contributed by atoms with Crippen LogP contribution in [0.2, 0.25) is 0 Å². The second-order valence-electron chi connectivity index (χ2n) is 16.8. The maximum atomic E-state index is 5.56. The lowest BCUT2D eigenvalue weighted by atomic mass is 9.91. The van der Waals surface area contributed by atoms with Crippen LogP contribution in [0.1, 0.15) is 0 Å². The van der Waals surface area contributed by atoms with E-state index in [4.69, 9.17) is 15.1 Å². The number of pyridine rings is 1. The molecule has 0 fully saturated rings. The van der Waals surface area contributed by atoms with Crippen LogP contribution in [0, 0.1) is 0 Å². The average molecular weight is 855 g/mol. The van der Waals surface area contributed by atoms with Crippen molar-refractivity contribution in [1.82, 2.24) is 19.6 Å². The van der Waals surface area contributed by atoms with Crippen molar-refractivity contribution in [1.29, 1.82) is 0 Å². The molecule has 0 N–H and O–H groups in total. The first-order chi connectivity index (χ1) is 33.2. The molecule has 12 aromatic rings. The lowest BCUT2D eigenvalue weighted by Crippen LogP contribution is -2.00. The van der Waals surface area contributed by atoms with E-state index < -0.39 is 0 Å². The van der Waals surface area contributed by atoms with Crippen molar-refractivity contribution in [3.8, 4) is 101 Å². The summed E-state index contributed by atoms with van der Waals surface area (Å²) in [5, 5.41) is 7.85.